The first-order valence-electron chi connectivity index (χ1n) is 3.32. The number of alkyl halides is 1. The van der Waals surface area contributed by atoms with Gasteiger partial charge in [0.25, 0.3) is 0 Å². The molecule has 0 spiro atoms. The van der Waals surface area contributed by atoms with Crippen LogP contribution in [0.25, 0.3) is 0 Å². The quantitative estimate of drug-likeness (QED) is 0.650. The minimum atomic E-state index is -4.33. The molecule has 2 nitrogen and oxygen atoms in total. The van der Waals surface area contributed by atoms with E-state index in [0.29, 0.717) is 0 Å². The Morgan fingerprint density at radius 2 is 1.77 bits per heavy atom. The van der Waals surface area contributed by atoms with E-state index in [2.05, 4.69) is 0 Å². The Bertz CT molecular complexity index is 481. The zero-order chi connectivity index (χ0) is 9.80. The number of hydrogen-bond donors (Lipinski definition) is 0. The summed E-state index contributed by atoms with van der Waals surface area (Å²) in [5.74, 6) is -2.91. The standard InChI is InChI=1S/C7H3F3O2S/c8-5-3-1-2-4(6(5)9)13(11,12)7(3)10/h1-2,7H. The molecular weight excluding hydrogens is 205 g/mol. The Morgan fingerprint density at radius 3 is 2.31 bits per heavy atom. The first-order chi connectivity index (χ1) is 5.96. The molecule has 0 saturated heterocycles. The van der Waals surface area contributed by atoms with Crippen LogP contribution in [0.5, 0.6) is 0 Å². The molecule has 0 fully saturated rings. The van der Waals surface area contributed by atoms with Crippen molar-refractivity contribution < 1.29 is 21.6 Å². The number of fused-ring (bicyclic) bond motifs is 3. The highest BCUT2D eigenvalue weighted by Crippen LogP contribution is 2.40. The Morgan fingerprint density at radius 1 is 1.15 bits per heavy atom. The molecule has 1 aromatic rings. The predicted molar refractivity (Wildman–Crippen MR) is 37.4 cm³/mol. The van der Waals surface area contributed by atoms with Crippen molar-refractivity contribution in [1.82, 2.24) is 0 Å². The maximum atomic E-state index is 12.9. The fourth-order valence-corrected chi connectivity index (χ4v) is 2.56. The van der Waals surface area contributed by atoms with E-state index >= 15 is 0 Å². The van der Waals surface area contributed by atoms with Gasteiger partial charge in [-0.2, -0.15) is 0 Å². The summed E-state index contributed by atoms with van der Waals surface area (Å²) < 4.78 is 60.5. The molecule has 3 rings (SSSR count). The van der Waals surface area contributed by atoms with Gasteiger partial charge in [0.2, 0.25) is 15.3 Å². The summed E-state index contributed by atoms with van der Waals surface area (Å²) in [6.07, 6.45) is 0. The van der Waals surface area contributed by atoms with E-state index in [0.717, 1.165) is 12.1 Å². The van der Waals surface area contributed by atoms with Crippen molar-refractivity contribution in [2.24, 2.45) is 0 Å². The van der Waals surface area contributed by atoms with E-state index in [1.807, 2.05) is 0 Å². The van der Waals surface area contributed by atoms with Crippen LogP contribution in [0, 0.1) is 11.6 Å². The third-order valence-electron chi connectivity index (χ3n) is 1.90. The van der Waals surface area contributed by atoms with Crippen LogP contribution >= 0.6 is 0 Å². The van der Waals surface area contributed by atoms with Crippen LogP contribution in [-0.2, 0) is 9.84 Å². The molecule has 70 valence electrons. The smallest absolute Gasteiger partial charge is 0.224 e. The number of benzene rings is 1. The second kappa shape index (κ2) is 2.25. The van der Waals surface area contributed by atoms with Gasteiger partial charge in [-0.15, -0.1) is 0 Å². The topological polar surface area (TPSA) is 34.1 Å². The fraction of sp³-hybridized carbons (Fsp3) is 0.143. The van der Waals surface area contributed by atoms with Crippen LogP contribution in [0.3, 0.4) is 0 Å². The van der Waals surface area contributed by atoms with Crippen LogP contribution in [0.1, 0.15) is 11.1 Å². The van der Waals surface area contributed by atoms with Gasteiger partial charge < -0.3 is 0 Å². The predicted octanol–water partition coefficient (Wildman–Crippen LogP) is 1.72. The van der Waals surface area contributed by atoms with Crippen molar-refractivity contribution in [3.05, 3.63) is 29.3 Å². The van der Waals surface area contributed by atoms with Gasteiger partial charge in [-0.25, -0.2) is 21.6 Å². The minimum Gasteiger partial charge on any atom is -0.224 e. The third kappa shape index (κ3) is 0.861. The molecule has 13 heavy (non-hydrogen) atoms. The lowest BCUT2D eigenvalue weighted by atomic mass is 10.2. The number of rotatable bonds is 0. The van der Waals surface area contributed by atoms with Crippen molar-refractivity contribution in [1.29, 1.82) is 0 Å². The van der Waals surface area contributed by atoms with Crippen molar-refractivity contribution >= 4 is 9.84 Å². The minimum absolute atomic E-state index is 0.757. The lowest BCUT2D eigenvalue weighted by molar-refractivity contribution is 0.383. The fourth-order valence-electron chi connectivity index (χ4n) is 1.22. The summed E-state index contributed by atoms with van der Waals surface area (Å²) in [5, 5.41) is 0. The Kier molecular flexibility index (Phi) is 1.48. The number of hydrogen-bond acceptors (Lipinski definition) is 2. The van der Waals surface area contributed by atoms with Gasteiger partial charge in [0.15, 0.2) is 11.6 Å². The first-order valence-corrected chi connectivity index (χ1v) is 4.87. The molecule has 1 atom stereocenters. The molecule has 0 N–H and O–H groups in total. The highest BCUT2D eigenvalue weighted by atomic mass is 32.2. The molecule has 2 bridgehead atoms. The van der Waals surface area contributed by atoms with E-state index in [-0.39, 0.29) is 0 Å². The molecule has 0 aliphatic carbocycles. The SMILES string of the molecule is O=S1(=O)c2ccc(c(F)c2F)C1F. The number of halogens is 3. The second-order valence-corrected chi connectivity index (χ2v) is 4.59. The lowest BCUT2D eigenvalue weighted by Gasteiger charge is -2.18. The first kappa shape index (κ1) is 8.55. The Labute approximate surface area is 71.9 Å². The van der Waals surface area contributed by atoms with Crippen molar-refractivity contribution in [2.75, 3.05) is 0 Å². The Hall–Kier alpha value is -1.04. The number of sulfone groups is 1. The van der Waals surface area contributed by atoms with Gasteiger partial charge in [-0.1, -0.05) is 6.07 Å². The van der Waals surface area contributed by atoms with E-state index < -0.39 is 37.4 Å². The van der Waals surface area contributed by atoms with Crippen LogP contribution in [-0.4, -0.2) is 8.42 Å². The summed E-state index contributed by atoms with van der Waals surface area (Å²) in [5.41, 5.74) is -3.22. The molecule has 0 aromatic heterocycles. The molecule has 2 aliphatic rings. The summed E-state index contributed by atoms with van der Waals surface area (Å²) in [6.45, 7) is 0. The van der Waals surface area contributed by atoms with Crippen LogP contribution in [0.4, 0.5) is 13.2 Å². The molecule has 1 aromatic carbocycles. The maximum Gasteiger partial charge on any atom is 0.233 e. The monoisotopic (exact) mass is 208 g/mol. The highest BCUT2D eigenvalue weighted by Gasteiger charge is 2.41. The van der Waals surface area contributed by atoms with E-state index in [1.165, 1.54) is 0 Å². The summed E-state index contributed by atoms with van der Waals surface area (Å²) in [6, 6.07) is 1.79. The van der Waals surface area contributed by atoms with E-state index in [1.54, 1.807) is 0 Å². The molecule has 0 saturated carbocycles. The molecule has 2 aliphatic heterocycles. The largest absolute Gasteiger partial charge is 0.233 e. The van der Waals surface area contributed by atoms with Gasteiger partial charge in [0, 0.05) is 5.56 Å². The maximum absolute atomic E-state index is 12.9. The van der Waals surface area contributed by atoms with Gasteiger partial charge in [-0.3, -0.25) is 0 Å². The molecule has 6 heteroatoms. The van der Waals surface area contributed by atoms with Gasteiger partial charge >= 0.3 is 0 Å². The lowest BCUT2D eigenvalue weighted by Crippen LogP contribution is -2.20. The zero-order valence-corrected chi connectivity index (χ0v) is 6.91. The molecule has 0 radical (unpaired) electrons. The summed E-state index contributed by atoms with van der Waals surface area (Å²) in [7, 11) is -4.33. The van der Waals surface area contributed by atoms with E-state index in [4.69, 9.17) is 0 Å². The van der Waals surface area contributed by atoms with Crippen LogP contribution in [0.2, 0.25) is 0 Å². The summed E-state index contributed by atoms with van der Waals surface area (Å²) in [4.78, 5) is -0.910. The molecule has 2 heterocycles. The van der Waals surface area contributed by atoms with Crippen molar-refractivity contribution in [2.45, 2.75) is 10.4 Å². The van der Waals surface area contributed by atoms with E-state index in [9.17, 15) is 21.6 Å². The molecule has 0 amide bonds. The van der Waals surface area contributed by atoms with Gasteiger partial charge in [0.1, 0.15) is 4.90 Å². The second-order valence-electron chi connectivity index (χ2n) is 2.64. The highest BCUT2D eigenvalue weighted by molar-refractivity contribution is 7.91. The molecular formula is C7H3F3O2S. The van der Waals surface area contributed by atoms with Gasteiger partial charge in [0.05, 0.1) is 0 Å². The Balaban J connectivity index is 2.94. The average Bonchev–Trinajstić information content (AvgIpc) is 2.06. The zero-order valence-electron chi connectivity index (χ0n) is 6.09. The summed E-state index contributed by atoms with van der Waals surface area (Å²) >= 11 is 0. The van der Waals surface area contributed by atoms with Crippen molar-refractivity contribution in [3.63, 3.8) is 0 Å². The molecule has 1 unspecified atom stereocenters. The van der Waals surface area contributed by atoms with Crippen molar-refractivity contribution in [3.8, 4) is 0 Å². The van der Waals surface area contributed by atoms with Crippen LogP contribution in [0.15, 0.2) is 17.0 Å². The van der Waals surface area contributed by atoms with Gasteiger partial charge in [-0.05, 0) is 6.07 Å². The average molecular weight is 208 g/mol. The normalized spacial score (nSPS) is 23.5. The third-order valence-corrected chi connectivity index (χ3v) is 3.63. The van der Waals surface area contributed by atoms with Crippen LogP contribution < -0.4 is 0 Å².